The van der Waals surface area contributed by atoms with Crippen molar-refractivity contribution < 1.29 is 13.2 Å². The minimum Gasteiger partial charge on any atom is -0.350 e. The van der Waals surface area contributed by atoms with E-state index in [0.29, 0.717) is 17.8 Å². The highest BCUT2D eigenvalue weighted by molar-refractivity contribution is 7.92. The van der Waals surface area contributed by atoms with Crippen molar-refractivity contribution in [1.82, 2.24) is 10.2 Å². The fraction of sp³-hybridized carbons (Fsp3) is 0.227. The third-order valence-corrected chi connectivity index (χ3v) is 7.62. The zero-order chi connectivity index (χ0) is 21.7. The lowest BCUT2D eigenvalue weighted by Gasteiger charge is -2.23. The van der Waals surface area contributed by atoms with Crippen LogP contribution in [0.4, 0.5) is 5.69 Å². The maximum absolute atomic E-state index is 12.9. The maximum Gasteiger partial charge on any atom is 0.264 e. The third-order valence-electron chi connectivity index (χ3n) is 4.85. The summed E-state index contributed by atoms with van der Waals surface area (Å²) in [6.45, 7) is 0.461. The molecule has 3 rings (SSSR count). The number of rotatable bonds is 8. The molecule has 1 amide bonds. The smallest absolute Gasteiger partial charge is 0.264 e. The summed E-state index contributed by atoms with van der Waals surface area (Å²) in [7, 11) is 1.75. The number of likely N-dealkylation sites (N-methyl/N-ethyl adjacent to an activating group) is 1. The van der Waals surface area contributed by atoms with Crippen molar-refractivity contribution in [3.05, 3.63) is 82.6 Å². The lowest BCUT2D eigenvalue weighted by Crippen LogP contribution is -2.34. The van der Waals surface area contributed by atoms with Gasteiger partial charge in [0.1, 0.15) is 0 Å². The molecule has 2 aromatic carbocycles. The Morgan fingerprint density at radius 3 is 2.20 bits per heavy atom. The van der Waals surface area contributed by atoms with Crippen LogP contribution >= 0.6 is 11.3 Å². The number of thiophene rings is 1. The van der Waals surface area contributed by atoms with Gasteiger partial charge >= 0.3 is 0 Å². The molecule has 0 bridgehead atoms. The molecule has 0 saturated heterocycles. The van der Waals surface area contributed by atoms with E-state index in [4.69, 9.17) is 0 Å². The molecule has 1 unspecified atom stereocenters. The van der Waals surface area contributed by atoms with Crippen molar-refractivity contribution in [2.45, 2.75) is 10.9 Å². The molecule has 1 heterocycles. The van der Waals surface area contributed by atoms with Gasteiger partial charge in [-0.3, -0.25) is 9.10 Å². The van der Waals surface area contributed by atoms with Gasteiger partial charge in [0.25, 0.3) is 15.9 Å². The largest absolute Gasteiger partial charge is 0.350 e. The molecule has 6 nitrogen and oxygen atoms in total. The van der Waals surface area contributed by atoms with Gasteiger partial charge in [-0.25, -0.2) is 8.42 Å². The highest BCUT2D eigenvalue weighted by atomic mass is 32.2. The highest BCUT2D eigenvalue weighted by Gasteiger charge is 2.22. The molecule has 0 fully saturated rings. The minimum atomic E-state index is -3.70. The predicted molar refractivity (Wildman–Crippen MR) is 122 cm³/mol. The summed E-state index contributed by atoms with van der Waals surface area (Å²) in [5, 5.41) is 4.95. The van der Waals surface area contributed by atoms with E-state index in [2.05, 4.69) is 10.2 Å². The number of hydrogen-bond acceptors (Lipinski definition) is 5. The van der Waals surface area contributed by atoms with Crippen LogP contribution in [0.15, 0.2) is 77.0 Å². The zero-order valence-corrected chi connectivity index (χ0v) is 18.8. The number of sulfonamides is 1. The van der Waals surface area contributed by atoms with Gasteiger partial charge in [-0.05, 0) is 61.9 Å². The van der Waals surface area contributed by atoms with Gasteiger partial charge in [0.15, 0.2) is 0 Å². The van der Waals surface area contributed by atoms with Crippen LogP contribution < -0.4 is 9.62 Å². The van der Waals surface area contributed by atoms with E-state index in [-0.39, 0.29) is 16.8 Å². The molecule has 1 aromatic heterocycles. The van der Waals surface area contributed by atoms with Crippen molar-refractivity contribution in [3.63, 3.8) is 0 Å². The van der Waals surface area contributed by atoms with Gasteiger partial charge in [-0.15, -0.1) is 11.3 Å². The van der Waals surface area contributed by atoms with E-state index in [1.54, 1.807) is 35.6 Å². The van der Waals surface area contributed by atoms with Crippen molar-refractivity contribution in [2.75, 3.05) is 32.0 Å². The molecule has 8 heteroatoms. The van der Waals surface area contributed by atoms with Crippen molar-refractivity contribution in [1.29, 1.82) is 0 Å². The number of benzene rings is 2. The Kier molecular flexibility index (Phi) is 6.91. The van der Waals surface area contributed by atoms with Gasteiger partial charge in [0, 0.05) is 24.0 Å². The normalized spacial score (nSPS) is 12.5. The fourth-order valence-corrected chi connectivity index (χ4v) is 5.14. The van der Waals surface area contributed by atoms with Crippen LogP contribution in [0, 0.1) is 0 Å². The van der Waals surface area contributed by atoms with E-state index >= 15 is 0 Å². The van der Waals surface area contributed by atoms with Gasteiger partial charge in [0.2, 0.25) is 0 Å². The molecule has 30 heavy (non-hydrogen) atoms. The Labute approximate surface area is 181 Å². The van der Waals surface area contributed by atoms with E-state index in [1.165, 1.54) is 40.5 Å². The van der Waals surface area contributed by atoms with E-state index in [9.17, 15) is 13.2 Å². The Morgan fingerprint density at radius 2 is 1.63 bits per heavy atom. The van der Waals surface area contributed by atoms with Crippen molar-refractivity contribution in [3.8, 4) is 0 Å². The first-order valence-electron chi connectivity index (χ1n) is 9.43. The molecule has 1 N–H and O–H groups in total. The summed E-state index contributed by atoms with van der Waals surface area (Å²) in [6, 6.07) is 19.0. The van der Waals surface area contributed by atoms with Gasteiger partial charge in [0.05, 0.1) is 16.6 Å². The van der Waals surface area contributed by atoms with Crippen molar-refractivity contribution in [2.24, 2.45) is 0 Å². The van der Waals surface area contributed by atoms with Crippen LogP contribution in [0.3, 0.4) is 0 Å². The predicted octanol–water partition coefficient (Wildman–Crippen LogP) is 3.61. The van der Waals surface area contributed by atoms with Gasteiger partial charge < -0.3 is 10.2 Å². The molecule has 158 valence electrons. The first kappa shape index (κ1) is 22.0. The van der Waals surface area contributed by atoms with E-state index in [1.807, 2.05) is 37.7 Å². The minimum absolute atomic E-state index is 0.0770. The molecular weight excluding hydrogens is 418 g/mol. The molecule has 0 saturated carbocycles. The van der Waals surface area contributed by atoms with E-state index in [0.717, 1.165) is 0 Å². The molecule has 0 aliphatic carbocycles. The maximum atomic E-state index is 12.9. The second-order valence-electron chi connectivity index (χ2n) is 7.04. The first-order valence-corrected chi connectivity index (χ1v) is 11.7. The number of nitrogens with one attached hydrogen (secondary N) is 1. The second-order valence-corrected chi connectivity index (χ2v) is 9.99. The molecule has 0 spiro atoms. The lowest BCUT2D eigenvalue weighted by atomic mass is 10.2. The number of carbonyl (C=O) groups excluding carboxylic acids is 1. The number of carbonyl (C=O) groups is 1. The summed E-state index contributed by atoms with van der Waals surface area (Å²) in [6.07, 6.45) is 0. The Bertz CT molecular complexity index is 1060. The monoisotopic (exact) mass is 443 g/mol. The molecule has 0 aliphatic heterocycles. The van der Waals surface area contributed by atoms with Crippen molar-refractivity contribution >= 4 is 33.0 Å². The highest BCUT2D eigenvalue weighted by Crippen LogP contribution is 2.23. The quantitative estimate of drug-likeness (QED) is 0.578. The summed E-state index contributed by atoms with van der Waals surface area (Å²) in [4.78, 5) is 15.9. The van der Waals surface area contributed by atoms with Gasteiger partial charge in [-0.1, -0.05) is 24.3 Å². The van der Waals surface area contributed by atoms with Crippen LogP contribution in [-0.2, 0) is 10.0 Å². The lowest BCUT2D eigenvalue weighted by molar-refractivity contribution is 0.0942. The number of anilines is 1. The Morgan fingerprint density at radius 1 is 0.967 bits per heavy atom. The number of amides is 1. The van der Waals surface area contributed by atoms with Crippen LogP contribution in [-0.4, -0.2) is 46.9 Å². The molecule has 0 radical (unpaired) electrons. The average Bonchev–Trinajstić information content (AvgIpc) is 3.28. The Hall–Kier alpha value is -2.68. The first-order chi connectivity index (χ1) is 14.3. The fourth-order valence-electron chi connectivity index (χ4n) is 3.02. The third kappa shape index (κ3) is 4.89. The molecular formula is C22H25N3O3S2. The second kappa shape index (κ2) is 9.42. The standard InChI is InChI=1S/C22H25N3O3S2/c1-24(2)20(21-10-7-15-29-21)16-23-22(26)17-11-13-19(14-12-17)30(27,28)25(3)18-8-5-4-6-9-18/h4-15,20H,16H2,1-3H3,(H,23,26). The molecule has 3 aromatic rings. The number of hydrogen-bond donors (Lipinski definition) is 1. The summed E-state index contributed by atoms with van der Waals surface area (Å²) in [5.41, 5.74) is 0.989. The zero-order valence-electron chi connectivity index (χ0n) is 17.1. The molecule has 0 aliphatic rings. The van der Waals surface area contributed by atoms with Crippen LogP contribution in [0.25, 0.3) is 0 Å². The van der Waals surface area contributed by atoms with Crippen LogP contribution in [0.5, 0.6) is 0 Å². The van der Waals surface area contributed by atoms with Crippen LogP contribution in [0.2, 0.25) is 0 Å². The van der Waals surface area contributed by atoms with Crippen LogP contribution in [0.1, 0.15) is 21.3 Å². The SMILES string of the molecule is CN(C)C(CNC(=O)c1ccc(S(=O)(=O)N(C)c2ccccc2)cc1)c1cccs1. The number of nitrogens with zero attached hydrogens (tertiary/aromatic N) is 2. The van der Waals surface area contributed by atoms with E-state index < -0.39 is 10.0 Å². The topological polar surface area (TPSA) is 69.7 Å². The summed E-state index contributed by atoms with van der Waals surface area (Å²) < 4.78 is 26.9. The Balaban J connectivity index is 1.69. The summed E-state index contributed by atoms with van der Waals surface area (Å²) in [5.74, 6) is -0.237. The molecule has 1 atom stereocenters. The van der Waals surface area contributed by atoms with Gasteiger partial charge in [-0.2, -0.15) is 0 Å². The summed E-state index contributed by atoms with van der Waals surface area (Å²) >= 11 is 1.65. The number of para-hydroxylation sites is 1. The average molecular weight is 444 g/mol.